The molecule has 0 aliphatic heterocycles. The first kappa shape index (κ1) is 11.4. The Morgan fingerprint density at radius 2 is 2.08 bits per heavy atom. The van der Waals surface area contributed by atoms with E-state index in [0.717, 1.165) is 12.8 Å². The van der Waals surface area contributed by atoms with Gasteiger partial charge in [-0.15, -0.1) is 0 Å². The molecule has 0 atom stereocenters. The van der Waals surface area contributed by atoms with Crippen LogP contribution in [0.3, 0.4) is 0 Å². The molecule has 1 amide bonds. The second kappa shape index (κ2) is 6.00. The molecule has 0 saturated carbocycles. The molecule has 0 saturated heterocycles. The van der Waals surface area contributed by atoms with Crippen molar-refractivity contribution >= 4 is 5.91 Å². The van der Waals surface area contributed by atoms with Crippen molar-refractivity contribution in [2.75, 3.05) is 14.2 Å². The van der Waals surface area contributed by atoms with Crippen LogP contribution in [0.1, 0.15) is 33.1 Å². The van der Waals surface area contributed by atoms with Crippen LogP contribution in [0.4, 0.5) is 0 Å². The molecule has 0 N–H and O–H groups in total. The molecule has 0 aromatic rings. The summed E-state index contributed by atoms with van der Waals surface area (Å²) in [6.07, 6.45) is 2.63. The lowest BCUT2D eigenvalue weighted by molar-refractivity contribution is -0.168. The Balaban J connectivity index is 3.44. The highest BCUT2D eigenvalue weighted by molar-refractivity contribution is 5.74. The molecule has 3 nitrogen and oxygen atoms in total. The van der Waals surface area contributed by atoms with Crippen molar-refractivity contribution in [1.82, 2.24) is 5.06 Å². The molecule has 0 radical (unpaired) electrons. The van der Waals surface area contributed by atoms with Crippen LogP contribution in [0.2, 0.25) is 0 Å². The molecule has 72 valence electrons. The van der Waals surface area contributed by atoms with Crippen LogP contribution in [0.5, 0.6) is 0 Å². The quantitative estimate of drug-likeness (QED) is 0.594. The number of hydrogen-bond acceptors (Lipinski definition) is 2. The molecule has 0 aliphatic rings. The monoisotopic (exact) mass is 173 g/mol. The van der Waals surface area contributed by atoms with Crippen LogP contribution >= 0.6 is 0 Å². The molecule has 12 heavy (non-hydrogen) atoms. The van der Waals surface area contributed by atoms with E-state index in [0.29, 0.717) is 12.3 Å². The first-order valence-corrected chi connectivity index (χ1v) is 4.38. The topological polar surface area (TPSA) is 29.5 Å². The zero-order valence-corrected chi connectivity index (χ0v) is 8.46. The van der Waals surface area contributed by atoms with E-state index in [1.165, 1.54) is 12.2 Å². The Hall–Kier alpha value is -0.570. The van der Waals surface area contributed by atoms with Gasteiger partial charge in [0.1, 0.15) is 0 Å². The minimum atomic E-state index is 0.0538. The zero-order valence-electron chi connectivity index (χ0n) is 8.46. The van der Waals surface area contributed by atoms with Crippen LogP contribution in [0.25, 0.3) is 0 Å². The summed E-state index contributed by atoms with van der Waals surface area (Å²) in [5, 5.41) is 1.28. The smallest absolute Gasteiger partial charge is 0.245 e. The van der Waals surface area contributed by atoms with E-state index in [1.807, 2.05) is 0 Å². The van der Waals surface area contributed by atoms with Crippen molar-refractivity contribution in [2.45, 2.75) is 33.1 Å². The van der Waals surface area contributed by atoms with E-state index in [1.54, 1.807) is 7.05 Å². The van der Waals surface area contributed by atoms with E-state index in [4.69, 9.17) is 4.84 Å². The van der Waals surface area contributed by atoms with Crippen molar-refractivity contribution in [1.29, 1.82) is 0 Å². The maximum Gasteiger partial charge on any atom is 0.245 e. The molecule has 0 spiro atoms. The first-order valence-electron chi connectivity index (χ1n) is 4.38. The lowest BCUT2D eigenvalue weighted by Crippen LogP contribution is -2.24. The van der Waals surface area contributed by atoms with Crippen LogP contribution < -0.4 is 0 Å². The summed E-state index contributed by atoms with van der Waals surface area (Å²) >= 11 is 0. The number of carbonyl (C=O) groups is 1. The second-order valence-corrected chi connectivity index (χ2v) is 3.36. The maximum atomic E-state index is 11.2. The van der Waals surface area contributed by atoms with Crippen LogP contribution in [0, 0.1) is 5.92 Å². The highest BCUT2D eigenvalue weighted by Crippen LogP contribution is 2.07. The van der Waals surface area contributed by atoms with Gasteiger partial charge in [-0.2, -0.15) is 0 Å². The van der Waals surface area contributed by atoms with Gasteiger partial charge in [-0.05, 0) is 12.3 Å². The van der Waals surface area contributed by atoms with E-state index < -0.39 is 0 Å². The van der Waals surface area contributed by atoms with Gasteiger partial charge in [0.05, 0.1) is 7.11 Å². The first-order chi connectivity index (χ1) is 5.57. The zero-order chi connectivity index (χ0) is 9.56. The molecular weight excluding hydrogens is 154 g/mol. The van der Waals surface area contributed by atoms with Gasteiger partial charge in [0.15, 0.2) is 0 Å². The van der Waals surface area contributed by atoms with Gasteiger partial charge < -0.3 is 0 Å². The predicted molar refractivity (Wildman–Crippen MR) is 48.5 cm³/mol. The number of nitrogens with zero attached hydrogens (tertiary/aromatic N) is 1. The summed E-state index contributed by atoms with van der Waals surface area (Å²) in [5.74, 6) is 0.726. The Labute approximate surface area is 74.6 Å². The molecular formula is C9H19NO2. The average molecular weight is 173 g/mol. The summed E-state index contributed by atoms with van der Waals surface area (Å²) in [6.45, 7) is 4.31. The molecule has 0 rings (SSSR count). The van der Waals surface area contributed by atoms with Gasteiger partial charge in [-0.3, -0.25) is 9.63 Å². The molecule has 0 bridgehead atoms. The van der Waals surface area contributed by atoms with E-state index >= 15 is 0 Å². The number of amides is 1. The molecule has 0 heterocycles. The van der Waals surface area contributed by atoms with Gasteiger partial charge in [0.2, 0.25) is 5.91 Å². The Morgan fingerprint density at radius 3 is 2.50 bits per heavy atom. The summed E-state index contributed by atoms with van der Waals surface area (Å²) in [7, 11) is 3.14. The molecule has 0 aliphatic carbocycles. The fourth-order valence-corrected chi connectivity index (χ4v) is 0.921. The maximum absolute atomic E-state index is 11.2. The third-order valence-corrected chi connectivity index (χ3v) is 1.80. The number of hydrogen-bond donors (Lipinski definition) is 0. The van der Waals surface area contributed by atoms with Crippen molar-refractivity contribution in [3.8, 4) is 0 Å². The molecule has 0 aromatic carbocycles. The normalized spacial score (nSPS) is 10.4. The van der Waals surface area contributed by atoms with Crippen LogP contribution in [-0.2, 0) is 9.63 Å². The van der Waals surface area contributed by atoms with Gasteiger partial charge >= 0.3 is 0 Å². The minimum absolute atomic E-state index is 0.0538. The van der Waals surface area contributed by atoms with Crippen molar-refractivity contribution in [3.05, 3.63) is 0 Å². The van der Waals surface area contributed by atoms with Crippen LogP contribution in [0.15, 0.2) is 0 Å². The van der Waals surface area contributed by atoms with Crippen molar-refractivity contribution in [2.24, 2.45) is 5.92 Å². The second-order valence-electron chi connectivity index (χ2n) is 3.36. The summed E-state index contributed by atoms with van der Waals surface area (Å²) in [4.78, 5) is 15.9. The van der Waals surface area contributed by atoms with Crippen LogP contribution in [-0.4, -0.2) is 25.1 Å². The molecule has 3 heteroatoms. The summed E-state index contributed by atoms with van der Waals surface area (Å²) < 4.78 is 0. The highest BCUT2D eigenvalue weighted by atomic mass is 16.7. The lowest BCUT2D eigenvalue weighted by atomic mass is 10.1. The number of rotatable bonds is 5. The molecule has 0 unspecified atom stereocenters. The standard InChI is InChI=1S/C9H19NO2/c1-8(2)6-5-7-9(11)10(3)12-4/h8H,5-7H2,1-4H3. The Morgan fingerprint density at radius 1 is 1.50 bits per heavy atom. The minimum Gasteiger partial charge on any atom is -0.275 e. The van der Waals surface area contributed by atoms with Gasteiger partial charge in [-0.1, -0.05) is 20.3 Å². The summed E-state index contributed by atoms with van der Waals surface area (Å²) in [5.41, 5.74) is 0. The lowest BCUT2D eigenvalue weighted by Gasteiger charge is -2.13. The average Bonchev–Trinajstić information content (AvgIpc) is 2.02. The fourth-order valence-electron chi connectivity index (χ4n) is 0.921. The van der Waals surface area contributed by atoms with Crippen molar-refractivity contribution in [3.63, 3.8) is 0 Å². The largest absolute Gasteiger partial charge is 0.275 e. The Bertz CT molecular complexity index is 134. The Kier molecular flexibility index (Phi) is 5.72. The number of hydroxylamine groups is 2. The van der Waals surface area contributed by atoms with E-state index in [2.05, 4.69) is 13.8 Å². The predicted octanol–water partition coefficient (Wildman–Crippen LogP) is 1.83. The highest BCUT2D eigenvalue weighted by Gasteiger charge is 2.06. The SMILES string of the molecule is CON(C)C(=O)CCCC(C)C. The van der Waals surface area contributed by atoms with Crippen molar-refractivity contribution < 1.29 is 9.63 Å². The summed E-state index contributed by atoms with van der Waals surface area (Å²) in [6, 6.07) is 0. The van der Waals surface area contributed by atoms with E-state index in [9.17, 15) is 4.79 Å². The molecule has 0 fully saturated rings. The third kappa shape index (κ3) is 5.13. The number of carbonyl (C=O) groups excluding carboxylic acids is 1. The fraction of sp³-hybridized carbons (Fsp3) is 0.889. The van der Waals surface area contributed by atoms with Gasteiger partial charge in [-0.25, -0.2) is 5.06 Å². The van der Waals surface area contributed by atoms with Gasteiger partial charge in [0.25, 0.3) is 0 Å². The third-order valence-electron chi connectivity index (χ3n) is 1.80. The van der Waals surface area contributed by atoms with Gasteiger partial charge in [0, 0.05) is 13.5 Å². The van der Waals surface area contributed by atoms with E-state index in [-0.39, 0.29) is 5.91 Å². The molecule has 0 aromatic heterocycles.